The van der Waals surface area contributed by atoms with Gasteiger partial charge in [-0.2, -0.15) is 0 Å². The van der Waals surface area contributed by atoms with Gasteiger partial charge in [-0.05, 0) is 48.9 Å². The number of carbonyl (C=O) groups is 1. The Kier molecular flexibility index (Phi) is 5.00. The average molecular weight is 427 g/mol. The molecule has 0 radical (unpaired) electrons. The van der Waals surface area contributed by atoms with Crippen LogP contribution in [-0.2, 0) is 17.6 Å². The van der Waals surface area contributed by atoms with Gasteiger partial charge in [-0.3, -0.25) is 9.78 Å². The number of benzene rings is 1. The molecule has 6 heteroatoms. The smallest absolute Gasteiger partial charge is 0.225 e. The molecule has 0 spiro atoms. The molecule has 6 nitrogen and oxygen atoms in total. The van der Waals surface area contributed by atoms with Crippen molar-refractivity contribution in [2.45, 2.75) is 46.1 Å². The van der Waals surface area contributed by atoms with Crippen LogP contribution in [0.1, 0.15) is 48.7 Å². The van der Waals surface area contributed by atoms with Gasteiger partial charge in [0.2, 0.25) is 5.91 Å². The van der Waals surface area contributed by atoms with Crippen LogP contribution in [0.3, 0.4) is 0 Å². The van der Waals surface area contributed by atoms with Crippen molar-refractivity contribution in [1.29, 1.82) is 0 Å². The Morgan fingerprint density at radius 2 is 2.03 bits per heavy atom. The van der Waals surface area contributed by atoms with Crippen molar-refractivity contribution in [3.63, 3.8) is 0 Å². The first-order chi connectivity index (χ1) is 15.4. The van der Waals surface area contributed by atoms with Gasteiger partial charge in [-0.15, -0.1) is 0 Å². The highest BCUT2D eigenvalue weighted by atomic mass is 16.3. The Morgan fingerprint density at radius 1 is 1.22 bits per heavy atom. The molecule has 162 valence electrons. The highest BCUT2D eigenvalue weighted by Gasteiger charge is 2.34. The molecule has 5 rings (SSSR count). The van der Waals surface area contributed by atoms with Crippen molar-refractivity contribution in [3.05, 3.63) is 77.6 Å². The summed E-state index contributed by atoms with van der Waals surface area (Å²) in [6, 6.07) is 9.75. The van der Waals surface area contributed by atoms with Crippen molar-refractivity contribution < 1.29 is 9.21 Å². The Bertz CT molecular complexity index is 1290. The number of hydrogen-bond acceptors (Lipinski definition) is 5. The number of amides is 1. The van der Waals surface area contributed by atoms with Crippen LogP contribution in [0.4, 0.5) is 0 Å². The minimum Gasteiger partial charge on any atom is -0.464 e. The molecule has 1 atom stereocenters. The Morgan fingerprint density at radius 3 is 2.84 bits per heavy atom. The first-order valence-corrected chi connectivity index (χ1v) is 10.9. The fourth-order valence-electron chi connectivity index (χ4n) is 4.56. The van der Waals surface area contributed by atoms with Gasteiger partial charge in [0, 0.05) is 40.7 Å². The Hall–Kier alpha value is -3.54. The van der Waals surface area contributed by atoms with Gasteiger partial charge < -0.3 is 9.73 Å². The van der Waals surface area contributed by atoms with E-state index in [4.69, 9.17) is 9.40 Å². The van der Waals surface area contributed by atoms with Gasteiger partial charge in [0.05, 0.1) is 24.4 Å². The van der Waals surface area contributed by atoms with E-state index in [0.717, 1.165) is 51.8 Å². The molecule has 0 fully saturated rings. The van der Waals surface area contributed by atoms with E-state index < -0.39 is 0 Å². The number of aromatic nitrogens is 3. The van der Waals surface area contributed by atoms with Gasteiger partial charge in [0.15, 0.2) is 5.82 Å². The number of pyridine rings is 1. The highest BCUT2D eigenvalue weighted by Crippen LogP contribution is 2.40. The molecule has 0 saturated heterocycles. The second-order valence-electron chi connectivity index (χ2n) is 9.43. The molecule has 1 amide bonds. The molecule has 1 aliphatic rings. The number of nitrogens with one attached hydrogen (secondary N) is 1. The lowest BCUT2D eigenvalue weighted by atomic mass is 9.74. The molecule has 4 aromatic rings. The first-order valence-electron chi connectivity index (χ1n) is 10.9. The quantitative estimate of drug-likeness (QED) is 0.498. The summed E-state index contributed by atoms with van der Waals surface area (Å²) in [6.07, 6.45) is 9.01. The van der Waals surface area contributed by atoms with Gasteiger partial charge >= 0.3 is 0 Å². The molecule has 1 N–H and O–H groups in total. The van der Waals surface area contributed by atoms with Crippen LogP contribution in [0.2, 0.25) is 0 Å². The van der Waals surface area contributed by atoms with Crippen molar-refractivity contribution in [2.24, 2.45) is 5.41 Å². The third kappa shape index (κ3) is 4.00. The summed E-state index contributed by atoms with van der Waals surface area (Å²) in [5, 5.41) is 4.22. The number of fused-ring (bicyclic) bond motifs is 2. The van der Waals surface area contributed by atoms with E-state index >= 15 is 0 Å². The van der Waals surface area contributed by atoms with Crippen molar-refractivity contribution >= 4 is 16.9 Å². The van der Waals surface area contributed by atoms with Crippen LogP contribution in [0.25, 0.3) is 22.4 Å². The zero-order chi connectivity index (χ0) is 22.3. The third-order valence-electron chi connectivity index (χ3n) is 6.11. The summed E-state index contributed by atoms with van der Waals surface area (Å²) >= 11 is 0. The number of carbonyl (C=O) groups excluding carboxylic acids is 1. The molecule has 3 heterocycles. The lowest BCUT2D eigenvalue weighted by Gasteiger charge is -2.36. The molecular formula is C26H26N4O2. The number of furan rings is 1. The van der Waals surface area contributed by atoms with Gasteiger partial charge in [0.25, 0.3) is 0 Å². The van der Waals surface area contributed by atoms with Crippen molar-refractivity contribution in [3.8, 4) is 11.4 Å². The Balaban J connectivity index is 1.39. The van der Waals surface area contributed by atoms with Crippen LogP contribution in [0.5, 0.6) is 0 Å². The lowest BCUT2D eigenvalue weighted by Crippen LogP contribution is -2.37. The van der Waals surface area contributed by atoms with E-state index in [2.05, 4.69) is 29.1 Å². The zero-order valence-electron chi connectivity index (χ0n) is 18.6. The summed E-state index contributed by atoms with van der Waals surface area (Å²) < 4.78 is 5.66. The first kappa shape index (κ1) is 20.4. The predicted octanol–water partition coefficient (Wildman–Crippen LogP) is 4.97. The molecule has 0 bridgehead atoms. The number of aryl methyl sites for hydroxylation is 1. The summed E-state index contributed by atoms with van der Waals surface area (Å²) in [5.74, 6) is 0.661. The minimum atomic E-state index is -0.117. The second kappa shape index (κ2) is 7.86. The van der Waals surface area contributed by atoms with Gasteiger partial charge in [0.1, 0.15) is 5.58 Å². The predicted molar refractivity (Wildman–Crippen MR) is 123 cm³/mol. The van der Waals surface area contributed by atoms with E-state index in [9.17, 15) is 4.79 Å². The standard InChI is InChI=1S/C26H26N4O2/c1-16-4-5-19-18(15-32-23(19)10-16)11-24(31)29-21-12-26(2,3)13-22-20(21)14-28-25(30-22)17-6-8-27-9-7-17/h4-10,14-15,21H,11-13H2,1-3H3,(H,29,31). The molecule has 1 aliphatic carbocycles. The van der Waals surface area contributed by atoms with Crippen LogP contribution < -0.4 is 5.32 Å². The van der Waals surface area contributed by atoms with E-state index in [1.54, 1.807) is 18.7 Å². The second-order valence-corrected chi connectivity index (χ2v) is 9.43. The largest absolute Gasteiger partial charge is 0.464 e. The van der Waals surface area contributed by atoms with Gasteiger partial charge in [-0.1, -0.05) is 26.0 Å². The van der Waals surface area contributed by atoms with E-state index in [1.165, 1.54) is 0 Å². The number of nitrogens with zero attached hydrogens (tertiary/aromatic N) is 3. The molecule has 1 aromatic carbocycles. The molecule has 0 saturated carbocycles. The maximum Gasteiger partial charge on any atom is 0.225 e. The topological polar surface area (TPSA) is 80.9 Å². The molecule has 32 heavy (non-hydrogen) atoms. The van der Waals surface area contributed by atoms with Gasteiger partial charge in [-0.25, -0.2) is 9.97 Å². The maximum absolute atomic E-state index is 13.0. The highest BCUT2D eigenvalue weighted by molar-refractivity contribution is 5.88. The Labute approximate surface area is 187 Å². The molecule has 1 unspecified atom stereocenters. The summed E-state index contributed by atoms with van der Waals surface area (Å²) in [7, 11) is 0. The summed E-state index contributed by atoms with van der Waals surface area (Å²) in [4.78, 5) is 26.5. The number of rotatable bonds is 4. The zero-order valence-corrected chi connectivity index (χ0v) is 18.6. The molecule has 3 aromatic heterocycles. The SMILES string of the molecule is Cc1ccc2c(CC(=O)NC3CC(C)(C)Cc4nc(-c5ccncc5)ncc43)coc2c1. The maximum atomic E-state index is 13.0. The normalized spacial score (nSPS) is 17.2. The molecular weight excluding hydrogens is 400 g/mol. The average Bonchev–Trinajstić information content (AvgIpc) is 3.14. The monoisotopic (exact) mass is 426 g/mol. The fraction of sp³-hybridized carbons (Fsp3) is 0.308. The fourth-order valence-corrected chi connectivity index (χ4v) is 4.56. The third-order valence-corrected chi connectivity index (χ3v) is 6.11. The van der Waals surface area contributed by atoms with Crippen molar-refractivity contribution in [2.75, 3.05) is 0 Å². The van der Waals surface area contributed by atoms with E-state index in [0.29, 0.717) is 5.82 Å². The van der Waals surface area contributed by atoms with Crippen LogP contribution >= 0.6 is 0 Å². The van der Waals surface area contributed by atoms with Crippen LogP contribution in [0.15, 0.2) is 59.6 Å². The minimum absolute atomic E-state index is 0.0225. The summed E-state index contributed by atoms with van der Waals surface area (Å²) in [5.41, 5.74) is 5.81. The van der Waals surface area contributed by atoms with Crippen molar-refractivity contribution in [1.82, 2.24) is 20.3 Å². The number of hydrogen-bond donors (Lipinski definition) is 1. The molecule has 0 aliphatic heterocycles. The van der Waals surface area contributed by atoms with E-state index in [1.807, 2.05) is 43.5 Å². The van der Waals surface area contributed by atoms with E-state index in [-0.39, 0.29) is 23.8 Å². The van der Waals surface area contributed by atoms with Crippen LogP contribution in [0, 0.1) is 12.3 Å². The van der Waals surface area contributed by atoms with Crippen LogP contribution in [-0.4, -0.2) is 20.9 Å². The summed E-state index contributed by atoms with van der Waals surface area (Å²) in [6.45, 7) is 6.46. The lowest BCUT2D eigenvalue weighted by molar-refractivity contribution is -0.121.